The fraction of sp³-hybridized carbons (Fsp3) is 0.632. The molecule has 0 atom stereocenters. The molecule has 3 rings (SSSR count). The highest BCUT2D eigenvalue weighted by molar-refractivity contribution is 7.88. The van der Waals surface area contributed by atoms with Crippen molar-refractivity contribution < 1.29 is 22.3 Å². The van der Waals surface area contributed by atoms with Crippen LogP contribution >= 0.6 is 0 Å². The van der Waals surface area contributed by atoms with Crippen molar-refractivity contribution >= 4 is 16.1 Å². The molecule has 1 aromatic rings. The average molecular weight is 414 g/mol. The lowest BCUT2D eigenvalue weighted by molar-refractivity contribution is 0.0108. The first-order valence-corrected chi connectivity index (χ1v) is 11.3. The van der Waals surface area contributed by atoms with Crippen LogP contribution in [0.25, 0.3) is 0 Å². The zero-order valence-corrected chi connectivity index (χ0v) is 17.1. The fourth-order valence-corrected chi connectivity index (χ4v) is 5.25. The SMILES string of the molecule is CC(C)NC(=O)N(C1CCOCC1)C1CN(S(=O)(=O)Cc2ccccc2F)C1. The van der Waals surface area contributed by atoms with Gasteiger partial charge < -0.3 is 15.0 Å². The molecule has 0 aliphatic carbocycles. The van der Waals surface area contributed by atoms with Crippen molar-refractivity contribution in [3.8, 4) is 0 Å². The minimum absolute atomic E-state index is 0.00388. The maximum absolute atomic E-state index is 13.8. The van der Waals surface area contributed by atoms with Gasteiger partial charge in [0.1, 0.15) is 5.82 Å². The van der Waals surface area contributed by atoms with E-state index in [9.17, 15) is 17.6 Å². The normalized spacial score (nSPS) is 19.4. The minimum Gasteiger partial charge on any atom is -0.381 e. The monoisotopic (exact) mass is 413 g/mol. The van der Waals surface area contributed by atoms with Crippen LogP contribution in [0.5, 0.6) is 0 Å². The van der Waals surface area contributed by atoms with E-state index in [1.807, 2.05) is 13.8 Å². The third-order valence-electron chi connectivity index (χ3n) is 5.14. The highest BCUT2D eigenvalue weighted by Gasteiger charge is 2.43. The van der Waals surface area contributed by atoms with Gasteiger partial charge in [-0.3, -0.25) is 0 Å². The van der Waals surface area contributed by atoms with E-state index in [0.29, 0.717) is 13.2 Å². The zero-order chi connectivity index (χ0) is 20.3. The number of nitrogens with one attached hydrogen (secondary N) is 1. The molecule has 0 bridgehead atoms. The van der Waals surface area contributed by atoms with Crippen LogP contribution in [0.2, 0.25) is 0 Å². The van der Waals surface area contributed by atoms with E-state index in [2.05, 4.69) is 5.32 Å². The molecule has 0 saturated carbocycles. The lowest BCUT2D eigenvalue weighted by Crippen LogP contribution is -2.66. The van der Waals surface area contributed by atoms with E-state index < -0.39 is 15.8 Å². The molecule has 1 aromatic carbocycles. The Labute approximate surface area is 165 Å². The number of sulfonamides is 1. The number of urea groups is 1. The number of halogens is 1. The van der Waals surface area contributed by atoms with Gasteiger partial charge in [-0.25, -0.2) is 17.6 Å². The molecule has 7 nitrogen and oxygen atoms in total. The smallest absolute Gasteiger partial charge is 0.318 e. The lowest BCUT2D eigenvalue weighted by Gasteiger charge is -2.48. The summed E-state index contributed by atoms with van der Waals surface area (Å²) in [5, 5.41) is 2.92. The second-order valence-corrected chi connectivity index (χ2v) is 9.64. The number of rotatable bonds is 6. The van der Waals surface area contributed by atoms with Crippen LogP contribution in [0.15, 0.2) is 24.3 Å². The number of ether oxygens (including phenoxy) is 1. The molecular formula is C19H28FN3O4S. The summed E-state index contributed by atoms with van der Waals surface area (Å²) in [5.74, 6) is -0.898. The van der Waals surface area contributed by atoms with Gasteiger partial charge in [-0.05, 0) is 32.8 Å². The number of nitrogens with zero attached hydrogens (tertiary/aromatic N) is 2. The second-order valence-electron chi connectivity index (χ2n) is 7.67. The first kappa shape index (κ1) is 21.0. The van der Waals surface area contributed by atoms with Crippen LogP contribution in [-0.2, 0) is 20.5 Å². The summed E-state index contributed by atoms with van der Waals surface area (Å²) in [7, 11) is -3.63. The number of carbonyl (C=O) groups excluding carboxylic acids is 1. The van der Waals surface area contributed by atoms with Crippen molar-refractivity contribution in [3.05, 3.63) is 35.6 Å². The van der Waals surface area contributed by atoms with Gasteiger partial charge in [0, 0.05) is 44.0 Å². The van der Waals surface area contributed by atoms with Crippen LogP contribution in [0.4, 0.5) is 9.18 Å². The highest BCUT2D eigenvalue weighted by atomic mass is 32.2. The van der Waals surface area contributed by atoms with Crippen molar-refractivity contribution in [2.75, 3.05) is 26.3 Å². The van der Waals surface area contributed by atoms with Crippen LogP contribution in [0.3, 0.4) is 0 Å². The topological polar surface area (TPSA) is 79.0 Å². The van der Waals surface area contributed by atoms with E-state index in [1.165, 1.54) is 22.5 Å². The molecule has 2 aliphatic rings. The van der Waals surface area contributed by atoms with Crippen molar-refractivity contribution in [2.24, 2.45) is 0 Å². The first-order chi connectivity index (χ1) is 13.3. The van der Waals surface area contributed by atoms with Crippen molar-refractivity contribution in [1.82, 2.24) is 14.5 Å². The highest BCUT2D eigenvalue weighted by Crippen LogP contribution is 2.27. The van der Waals surface area contributed by atoms with Crippen LogP contribution in [0, 0.1) is 5.82 Å². The van der Waals surface area contributed by atoms with Gasteiger partial charge in [0.05, 0.1) is 11.8 Å². The fourth-order valence-electron chi connectivity index (χ4n) is 3.64. The van der Waals surface area contributed by atoms with Crippen molar-refractivity contribution in [2.45, 2.75) is 50.6 Å². The van der Waals surface area contributed by atoms with Gasteiger partial charge in [0.15, 0.2) is 0 Å². The third-order valence-corrected chi connectivity index (χ3v) is 6.90. The number of hydrogen-bond acceptors (Lipinski definition) is 4. The molecular weight excluding hydrogens is 385 g/mol. The summed E-state index contributed by atoms with van der Waals surface area (Å²) in [6.45, 7) is 5.45. The van der Waals surface area contributed by atoms with E-state index in [4.69, 9.17) is 4.74 Å². The molecule has 156 valence electrons. The molecule has 0 unspecified atom stereocenters. The Morgan fingerprint density at radius 1 is 1.25 bits per heavy atom. The first-order valence-electron chi connectivity index (χ1n) is 9.65. The predicted molar refractivity (Wildman–Crippen MR) is 104 cm³/mol. The van der Waals surface area contributed by atoms with E-state index >= 15 is 0 Å². The molecule has 0 aromatic heterocycles. The van der Waals surface area contributed by atoms with Crippen molar-refractivity contribution in [1.29, 1.82) is 0 Å². The van der Waals surface area contributed by atoms with E-state index in [0.717, 1.165) is 12.8 Å². The molecule has 0 radical (unpaired) electrons. The molecule has 2 saturated heterocycles. The van der Waals surface area contributed by atoms with Crippen LogP contribution in [0.1, 0.15) is 32.3 Å². The Hall–Kier alpha value is -1.71. The molecule has 2 amide bonds. The summed E-state index contributed by atoms with van der Waals surface area (Å²) in [5.41, 5.74) is 0.157. The lowest BCUT2D eigenvalue weighted by atomic mass is 10.0. The Bertz CT molecular complexity index is 790. The second kappa shape index (κ2) is 8.75. The summed E-state index contributed by atoms with van der Waals surface area (Å²) in [6, 6.07) is 5.57. The van der Waals surface area contributed by atoms with E-state index in [1.54, 1.807) is 11.0 Å². The molecule has 2 heterocycles. The molecule has 28 heavy (non-hydrogen) atoms. The molecule has 9 heteroatoms. The molecule has 0 spiro atoms. The Balaban J connectivity index is 1.67. The average Bonchev–Trinajstić information content (AvgIpc) is 2.59. The number of hydrogen-bond donors (Lipinski definition) is 1. The summed E-state index contributed by atoms with van der Waals surface area (Å²) < 4.78 is 45.8. The molecule has 2 fully saturated rings. The maximum atomic E-state index is 13.8. The van der Waals surface area contributed by atoms with Gasteiger partial charge >= 0.3 is 6.03 Å². The molecule has 2 aliphatic heterocycles. The number of benzene rings is 1. The standard InChI is InChI=1S/C19H28FN3O4S/c1-14(2)21-19(24)23(16-7-9-27-10-8-16)17-11-22(12-17)28(25,26)13-15-5-3-4-6-18(15)20/h3-6,14,16-17H,7-13H2,1-2H3,(H,21,24). The van der Waals surface area contributed by atoms with Gasteiger partial charge in [0.25, 0.3) is 0 Å². The van der Waals surface area contributed by atoms with Gasteiger partial charge in [0.2, 0.25) is 10.0 Å². The number of amides is 2. The quantitative estimate of drug-likeness (QED) is 0.773. The Morgan fingerprint density at radius 2 is 1.89 bits per heavy atom. The number of carbonyl (C=O) groups is 1. The van der Waals surface area contributed by atoms with Gasteiger partial charge in [-0.2, -0.15) is 4.31 Å². The van der Waals surface area contributed by atoms with Gasteiger partial charge in [-0.15, -0.1) is 0 Å². The summed E-state index contributed by atoms with van der Waals surface area (Å²) >= 11 is 0. The van der Waals surface area contributed by atoms with Gasteiger partial charge in [-0.1, -0.05) is 18.2 Å². The maximum Gasteiger partial charge on any atom is 0.318 e. The Morgan fingerprint density at radius 3 is 2.50 bits per heavy atom. The van der Waals surface area contributed by atoms with Crippen LogP contribution in [-0.4, -0.2) is 68.1 Å². The van der Waals surface area contributed by atoms with E-state index in [-0.39, 0.29) is 48.6 Å². The molecule has 1 N–H and O–H groups in total. The minimum atomic E-state index is -3.63. The van der Waals surface area contributed by atoms with Crippen molar-refractivity contribution in [3.63, 3.8) is 0 Å². The third kappa shape index (κ3) is 4.82. The zero-order valence-electron chi connectivity index (χ0n) is 16.3. The van der Waals surface area contributed by atoms with Crippen LogP contribution < -0.4 is 5.32 Å². The largest absolute Gasteiger partial charge is 0.381 e. The summed E-state index contributed by atoms with van der Waals surface area (Å²) in [4.78, 5) is 14.5. The predicted octanol–water partition coefficient (Wildman–Crippen LogP) is 1.94. The summed E-state index contributed by atoms with van der Waals surface area (Å²) in [6.07, 6.45) is 1.48. The Kier molecular flexibility index (Phi) is 6.57.